The van der Waals surface area contributed by atoms with Crippen LogP contribution in [0.1, 0.15) is 38.2 Å². The summed E-state index contributed by atoms with van der Waals surface area (Å²) in [6, 6.07) is 8.01. The first-order valence-corrected chi connectivity index (χ1v) is 10.7. The summed E-state index contributed by atoms with van der Waals surface area (Å²) in [4.78, 5) is 28.5. The summed E-state index contributed by atoms with van der Waals surface area (Å²) in [6.07, 6.45) is 4.24. The fourth-order valence-electron chi connectivity index (χ4n) is 3.73. The first kappa shape index (κ1) is 18.9. The Bertz CT molecular complexity index is 851. The molecule has 1 aromatic carbocycles. The van der Waals surface area contributed by atoms with Crippen molar-refractivity contribution in [3.05, 3.63) is 29.8 Å². The lowest BCUT2D eigenvalue weighted by molar-refractivity contribution is -0.120. The van der Waals surface area contributed by atoms with Gasteiger partial charge in [-0.2, -0.15) is 0 Å². The zero-order chi connectivity index (χ0) is 19.5. The van der Waals surface area contributed by atoms with Gasteiger partial charge in [0.05, 0.1) is 5.92 Å². The van der Waals surface area contributed by atoms with Crippen molar-refractivity contribution >= 4 is 39.1 Å². The van der Waals surface area contributed by atoms with Crippen LogP contribution in [0.3, 0.4) is 0 Å². The van der Waals surface area contributed by atoms with E-state index in [-0.39, 0.29) is 17.7 Å². The summed E-state index contributed by atoms with van der Waals surface area (Å²) in [5.74, 6) is 0.0847. The van der Waals surface area contributed by atoms with Crippen LogP contribution in [-0.2, 0) is 16.0 Å². The normalized spacial score (nSPS) is 19.9. The van der Waals surface area contributed by atoms with E-state index in [4.69, 9.17) is 0 Å². The maximum absolute atomic E-state index is 12.7. The lowest BCUT2D eigenvalue weighted by atomic mass is 9.97. The molecule has 2 fully saturated rings. The van der Waals surface area contributed by atoms with E-state index in [2.05, 4.69) is 27.3 Å². The molecule has 7 nitrogen and oxygen atoms in total. The molecule has 0 aliphatic carbocycles. The second kappa shape index (κ2) is 8.26. The molecule has 1 N–H and O–H groups in total. The van der Waals surface area contributed by atoms with Gasteiger partial charge >= 0.3 is 0 Å². The van der Waals surface area contributed by atoms with Gasteiger partial charge in [-0.05, 0) is 43.4 Å². The largest absolute Gasteiger partial charge is 0.346 e. The fraction of sp³-hybridized carbons (Fsp3) is 0.500. The minimum absolute atomic E-state index is 0.0495. The molecule has 0 bridgehead atoms. The van der Waals surface area contributed by atoms with E-state index in [0.29, 0.717) is 18.1 Å². The third-order valence-corrected chi connectivity index (χ3v) is 6.41. The Balaban J connectivity index is 1.39. The molecule has 148 valence electrons. The van der Waals surface area contributed by atoms with Gasteiger partial charge in [0.25, 0.3) is 0 Å². The fourth-order valence-corrected chi connectivity index (χ4v) is 4.65. The van der Waals surface area contributed by atoms with Crippen molar-refractivity contribution < 1.29 is 9.59 Å². The van der Waals surface area contributed by atoms with Crippen molar-refractivity contribution in [2.75, 3.05) is 34.8 Å². The molecule has 0 saturated carbocycles. The second-order valence-corrected chi connectivity index (χ2v) is 8.28. The first-order chi connectivity index (χ1) is 13.6. The Morgan fingerprint density at radius 2 is 1.96 bits per heavy atom. The molecule has 2 saturated heterocycles. The lowest BCUT2D eigenvalue weighted by Gasteiger charge is -2.31. The Morgan fingerprint density at radius 3 is 2.68 bits per heavy atom. The first-order valence-electron chi connectivity index (χ1n) is 9.92. The van der Waals surface area contributed by atoms with E-state index in [1.807, 2.05) is 24.3 Å². The molecule has 2 aliphatic heterocycles. The molecule has 4 rings (SSSR count). The second-order valence-electron chi connectivity index (χ2n) is 7.34. The Labute approximate surface area is 168 Å². The van der Waals surface area contributed by atoms with Crippen LogP contribution in [-0.4, -0.2) is 41.6 Å². The number of nitrogens with zero attached hydrogens (tertiary/aromatic N) is 4. The molecule has 2 aromatic rings. The number of aryl methyl sites for hydroxylation is 1. The summed E-state index contributed by atoms with van der Waals surface area (Å²) in [5.41, 5.74) is 2.09. The van der Waals surface area contributed by atoms with Crippen LogP contribution in [0.25, 0.3) is 0 Å². The molecule has 2 amide bonds. The molecule has 8 heteroatoms. The average molecular weight is 400 g/mol. The number of carbonyl (C=O) groups is 2. The van der Waals surface area contributed by atoms with Crippen LogP contribution < -0.4 is 15.1 Å². The van der Waals surface area contributed by atoms with Crippen molar-refractivity contribution in [1.82, 2.24) is 10.2 Å². The zero-order valence-corrected chi connectivity index (χ0v) is 16.9. The Kier molecular flexibility index (Phi) is 5.57. The van der Waals surface area contributed by atoms with Gasteiger partial charge in [-0.1, -0.05) is 30.4 Å². The molecule has 1 atom stereocenters. The van der Waals surface area contributed by atoms with E-state index in [0.717, 1.165) is 49.6 Å². The highest BCUT2D eigenvalue weighted by atomic mass is 32.1. The monoisotopic (exact) mass is 399 g/mol. The van der Waals surface area contributed by atoms with Gasteiger partial charge in [0, 0.05) is 31.7 Å². The molecule has 28 heavy (non-hydrogen) atoms. The van der Waals surface area contributed by atoms with Gasteiger partial charge in [-0.25, -0.2) is 0 Å². The molecular formula is C20H25N5O2S. The van der Waals surface area contributed by atoms with Gasteiger partial charge < -0.3 is 10.2 Å². The lowest BCUT2D eigenvalue weighted by Crippen LogP contribution is -2.40. The third kappa shape index (κ3) is 4.01. The molecule has 0 unspecified atom stereocenters. The predicted octanol–water partition coefficient (Wildman–Crippen LogP) is 3.08. The topological polar surface area (TPSA) is 78.4 Å². The molecule has 3 heterocycles. The Morgan fingerprint density at radius 1 is 1.18 bits per heavy atom. The summed E-state index contributed by atoms with van der Waals surface area (Å²) in [5, 5.41) is 13.0. The van der Waals surface area contributed by atoms with Crippen molar-refractivity contribution in [3.8, 4) is 0 Å². The van der Waals surface area contributed by atoms with Crippen LogP contribution in [0.4, 0.5) is 16.0 Å². The van der Waals surface area contributed by atoms with E-state index in [1.54, 1.807) is 4.90 Å². The number of benzene rings is 1. The highest BCUT2D eigenvalue weighted by Crippen LogP contribution is 2.32. The summed E-state index contributed by atoms with van der Waals surface area (Å²) < 4.78 is 0. The summed E-state index contributed by atoms with van der Waals surface area (Å²) in [6.45, 7) is 4.32. The number of piperidine rings is 1. The van der Waals surface area contributed by atoms with Crippen molar-refractivity contribution in [2.24, 2.45) is 5.92 Å². The van der Waals surface area contributed by atoms with Gasteiger partial charge in [0.1, 0.15) is 0 Å². The molecule has 1 aromatic heterocycles. The third-order valence-electron chi connectivity index (χ3n) is 5.40. The number of nitrogens with one attached hydrogen (secondary N) is 1. The standard InChI is InChI=1S/C20H25N5O2S/c1-2-14-7-9-16(10-8-14)21-18(27)15-5-3-11-24(13-15)19-22-23-20(28-19)25-12-4-6-17(25)26/h7-10,15H,2-6,11-13H2,1H3,(H,21,27)/t15-/m1/s1. The highest BCUT2D eigenvalue weighted by Gasteiger charge is 2.30. The van der Waals surface area contributed by atoms with Crippen LogP contribution in [0.2, 0.25) is 0 Å². The number of rotatable bonds is 5. The number of aromatic nitrogens is 2. The number of hydrogen-bond donors (Lipinski definition) is 1. The maximum atomic E-state index is 12.7. The van der Waals surface area contributed by atoms with Crippen LogP contribution in [0.5, 0.6) is 0 Å². The van der Waals surface area contributed by atoms with Crippen LogP contribution in [0, 0.1) is 5.92 Å². The van der Waals surface area contributed by atoms with Gasteiger partial charge in [-0.15, -0.1) is 10.2 Å². The highest BCUT2D eigenvalue weighted by molar-refractivity contribution is 7.19. The maximum Gasteiger partial charge on any atom is 0.229 e. The molecule has 0 spiro atoms. The van der Waals surface area contributed by atoms with E-state index in [1.165, 1.54) is 16.9 Å². The van der Waals surface area contributed by atoms with Crippen molar-refractivity contribution in [3.63, 3.8) is 0 Å². The smallest absolute Gasteiger partial charge is 0.229 e. The number of hydrogen-bond acceptors (Lipinski definition) is 6. The zero-order valence-electron chi connectivity index (χ0n) is 16.1. The average Bonchev–Trinajstić information content (AvgIpc) is 3.37. The minimum atomic E-state index is -0.0830. The molecule has 2 aliphatic rings. The van der Waals surface area contributed by atoms with E-state index < -0.39 is 0 Å². The van der Waals surface area contributed by atoms with Gasteiger partial charge in [-0.3, -0.25) is 14.5 Å². The molecule has 0 radical (unpaired) electrons. The predicted molar refractivity (Wildman–Crippen MR) is 111 cm³/mol. The summed E-state index contributed by atoms with van der Waals surface area (Å²) in [7, 11) is 0. The quantitative estimate of drug-likeness (QED) is 0.836. The number of anilines is 3. The number of carbonyl (C=O) groups excluding carboxylic acids is 2. The SMILES string of the molecule is CCc1ccc(NC(=O)[C@@H]2CCCN(c3nnc(N4CCCC4=O)s3)C2)cc1. The van der Waals surface area contributed by atoms with Crippen molar-refractivity contribution in [1.29, 1.82) is 0 Å². The van der Waals surface area contributed by atoms with Crippen LogP contribution in [0.15, 0.2) is 24.3 Å². The molecular weight excluding hydrogens is 374 g/mol. The van der Waals surface area contributed by atoms with Gasteiger partial charge in [0.15, 0.2) is 0 Å². The Hall–Kier alpha value is -2.48. The van der Waals surface area contributed by atoms with Crippen molar-refractivity contribution in [2.45, 2.75) is 39.0 Å². The number of amides is 2. The minimum Gasteiger partial charge on any atom is -0.346 e. The van der Waals surface area contributed by atoms with E-state index in [9.17, 15) is 9.59 Å². The summed E-state index contributed by atoms with van der Waals surface area (Å²) >= 11 is 1.44. The van der Waals surface area contributed by atoms with E-state index >= 15 is 0 Å². The van der Waals surface area contributed by atoms with Gasteiger partial charge in [0.2, 0.25) is 22.1 Å². The van der Waals surface area contributed by atoms with Crippen LogP contribution >= 0.6 is 11.3 Å².